The predicted molar refractivity (Wildman–Crippen MR) is 128 cm³/mol. The van der Waals surface area contributed by atoms with Gasteiger partial charge in [-0.3, -0.25) is 14.9 Å². The molecule has 190 valence electrons. The average Bonchev–Trinajstić information content (AvgIpc) is 3.37. The number of hydrogen-bond acceptors (Lipinski definition) is 8. The van der Waals surface area contributed by atoms with Gasteiger partial charge < -0.3 is 20.3 Å². The number of alkyl halides is 2. The first-order valence-electron chi connectivity index (χ1n) is 11.8. The highest BCUT2D eigenvalue weighted by Gasteiger charge is 2.43. The zero-order chi connectivity index (χ0) is 25.4. The number of piperidine rings is 1. The van der Waals surface area contributed by atoms with Crippen molar-refractivity contribution in [2.24, 2.45) is 0 Å². The third-order valence-corrected chi connectivity index (χ3v) is 6.75. The molecule has 3 N–H and O–H groups in total. The molecule has 12 heteroatoms. The van der Waals surface area contributed by atoms with Crippen LogP contribution in [-0.4, -0.2) is 68.6 Å². The molecule has 5 heterocycles. The van der Waals surface area contributed by atoms with Gasteiger partial charge in [-0.2, -0.15) is 5.10 Å². The van der Waals surface area contributed by atoms with E-state index in [4.69, 9.17) is 9.72 Å². The minimum Gasteiger partial charge on any atom is -0.465 e. The second-order valence-corrected chi connectivity index (χ2v) is 9.29. The molecule has 5 rings (SSSR count). The second-order valence-electron chi connectivity index (χ2n) is 9.29. The minimum atomic E-state index is -2.65. The van der Waals surface area contributed by atoms with Gasteiger partial charge in [0.2, 0.25) is 12.3 Å². The minimum absolute atomic E-state index is 0.0292. The van der Waals surface area contributed by atoms with E-state index in [9.17, 15) is 18.4 Å². The number of nitrogens with zero attached hydrogens (tertiary/aromatic N) is 4. The van der Waals surface area contributed by atoms with Gasteiger partial charge in [-0.15, -0.1) is 0 Å². The summed E-state index contributed by atoms with van der Waals surface area (Å²) >= 11 is 0. The predicted octanol–water partition coefficient (Wildman–Crippen LogP) is 3.78. The molecule has 1 unspecified atom stereocenters. The molecule has 1 amide bonds. The normalized spacial score (nSPS) is 21.1. The SMILES string of the molecule is COC(=O)c1cnc2cc(Nc3cc(C)[nH]n3)nc(NC3C[C@H]4CC[C@@H](C3)N4C(=O)CC(F)F)c2c1. The van der Waals surface area contributed by atoms with E-state index in [0.29, 0.717) is 46.8 Å². The Labute approximate surface area is 205 Å². The topological polar surface area (TPSA) is 125 Å². The van der Waals surface area contributed by atoms with Crippen LogP contribution in [0.2, 0.25) is 0 Å². The number of carbonyl (C=O) groups excluding carboxylic acids is 2. The average molecular weight is 500 g/mol. The molecule has 0 aromatic carbocycles. The maximum absolute atomic E-state index is 12.8. The number of pyridine rings is 2. The van der Waals surface area contributed by atoms with Crippen LogP contribution in [0.15, 0.2) is 24.4 Å². The lowest BCUT2D eigenvalue weighted by Crippen LogP contribution is -2.50. The summed E-state index contributed by atoms with van der Waals surface area (Å²) in [6.45, 7) is 1.89. The van der Waals surface area contributed by atoms with Crippen LogP contribution in [0.4, 0.5) is 26.2 Å². The van der Waals surface area contributed by atoms with Gasteiger partial charge in [0, 0.05) is 47.5 Å². The number of ether oxygens (including phenoxy) is 1. The lowest BCUT2D eigenvalue weighted by molar-refractivity contribution is -0.138. The zero-order valence-electron chi connectivity index (χ0n) is 19.9. The maximum Gasteiger partial charge on any atom is 0.339 e. The Morgan fingerprint density at radius 3 is 2.58 bits per heavy atom. The van der Waals surface area contributed by atoms with Crippen LogP contribution in [0.1, 0.15) is 48.2 Å². The number of hydrogen-bond donors (Lipinski definition) is 3. The van der Waals surface area contributed by atoms with E-state index in [1.165, 1.54) is 13.3 Å². The van der Waals surface area contributed by atoms with Gasteiger partial charge >= 0.3 is 5.97 Å². The molecule has 0 aliphatic carbocycles. The number of halogens is 2. The summed E-state index contributed by atoms with van der Waals surface area (Å²) in [7, 11) is 1.31. The number of carbonyl (C=O) groups is 2. The van der Waals surface area contributed by atoms with E-state index in [2.05, 4.69) is 25.8 Å². The molecule has 10 nitrogen and oxygen atoms in total. The number of nitrogens with one attached hydrogen (secondary N) is 3. The number of rotatable bonds is 7. The Hall–Kier alpha value is -3.83. The van der Waals surface area contributed by atoms with Gasteiger partial charge in [0.25, 0.3) is 0 Å². The largest absolute Gasteiger partial charge is 0.465 e. The number of esters is 1. The fraction of sp³-hybridized carbons (Fsp3) is 0.458. The van der Waals surface area contributed by atoms with Crippen molar-refractivity contribution in [1.82, 2.24) is 25.1 Å². The Kier molecular flexibility index (Phi) is 6.42. The molecular weight excluding hydrogens is 472 g/mol. The highest BCUT2D eigenvalue weighted by atomic mass is 19.3. The number of methoxy groups -OCH3 is 1. The summed E-state index contributed by atoms with van der Waals surface area (Å²) in [6.07, 6.45) is 0.894. The van der Waals surface area contributed by atoms with Crippen molar-refractivity contribution in [1.29, 1.82) is 0 Å². The van der Waals surface area contributed by atoms with Crippen molar-refractivity contribution in [3.8, 4) is 0 Å². The zero-order valence-corrected chi connectivity index (χ0v) is 19.9. The van der Waals surface area contributed by atoms with Crippen molar-refractivity contribution in [2.75, 3.05) is 17.7 Å². The third-order valence-electron chi connectivity index (χ3n) is 6.75. The molecule has 36 heavy (non-hydrogen) atoms. The number of anilines is 3. The number of aromatic nitrogens is 4. The Morgan fingerprint density at radius 2 is 1.94 bits per heavy atom. The van der Waals surface area contributed by atoms with Crippen molar-refractivity contribution in [3.05, 3.63) is 35.7 Å². The fourth-order valence-electron chi connectivity index (χ4n) is 5.27. The maximum atomic E-state index is 12.8. The molecule has 2 saturated heterocycles. The lowest BCUT2D eigenvalue weighted by atomic mass is 9.96. The summed E-state index contributed by atoms with van der Waals surface area (Å²) < 4.78 is 30.5. The van der Waals surface area contributed by atoms with Crippen LogP contribution in [0.5, 0.6) is 0 Å². The van der Waals surface area contributed by atoms with Crippen LogP contribution < -0.4 is 10.6 Å². The molecule has 3 aromatic heterocycles. The fourth-order valence-corrected chi connectivity index (χ4v) is 5.27. The van der Waals surface area contributed by atoms with Crippen LogP contribution in [-0.2, 0) is 9.53 Å². The summed E-state index contributed by atoms with van der Waals surface area (Å²) in [5.41, 5.74) is 1.80. The summed E-state index contributed by atoms with van der Waals surface area (Å²) in [5.74, 6) is 0.653. The number of H-pyrrole nitrogens is 1. The van der Waals surface area contributed by atoms with Crippen molar-refractivity contribution in [3.63, 3.8) is 0 Å². The first kappa shape index (κ1) is 23.9. The number of aryl methyl sites for hydroxylation is 1. The van der Waals surface area contributed by atoms with E-state index < -0.39 is 24.7 Å². The molecule has 3 atom stereocenters. The standard InChI is InChI=1S/C24H27F2N7O3/c1-12-5-21(32-31-12)29-20-9-18-17(6-13(11-27-18)24(35)36-2)23(30-20)28-14-7-15-3-4-16(8-14)33(15)22(34)10-19(25)26/h5-6,9,11,14-16,19H,3-4,7-8,10H2,1-2H3,(H3,28,29,30,31,32)/t14?,15-,16+. The monoisotopic (exact) mass is 499 g/mol. The Bertz CT molecular complexity index is 1280. The van der Waals surface area contributed by atoms with Crippen LogP contribution in [0, 0.1) is 6.92 Å². The molecule has 0 radical (unpaired) electrons. The van der Waals surface area contributed by atoms with E-state index in [1.807, 2.05) is 13.0 Å². The Morgan fingerprint density at radius 1 is 1.19 bits per heavy atom. The first-order chi connectivity index (χ1) is 17.3. The molecule has 2 aliphatic rings. The molecule has 0 saturated carbocycles. The Balaban J connectivity index is 1.43. The molecule has 2 bridgehead atoms. The quantitative estimate of drug-likeness (QED) is 0.420. The van der Waals surface area contributed by atoms with Gasteiger partial charge in [0.05, 0.1) is 24.6 Å². The van der Waals surface area contributed by atoms with Crippen molar-refractivity contribution < 1.29 is 23.1 Å². The van der Waals surface area contributed by atoms with Gasteiger partial charge in [0.1, 0.15) is 11.6 Å². The summed E-state index contributed by atoms with van der Waals surface area (Å²) in [6, 6.07) is 5.09. The second kappa shape index (κ2) is 9.67. The highest BCUT2D eigenvalue weighted by molar-refractivity contribution is 5.98. The number of fused-ring (bicyclic) bond motifs is 3. The summed E-state index contributed by atoms with van der Waals surface area (Å²) in [5, 5.41) is 14.4. The number of amides is 1. The van der Waals surface area contributed by atoms with Crippen LogP contribution in [0.3, 0.4) is 0 Å². The van der Waals surface area contributed by atoms with E-state index in [-0.39, 0.29) is 18.1 Å². The smallest absolute Gasteiger partial charge is 0.339 e. The van der Waals surface area contributed by atoms with Gasteiger partial charge in [-0.25, -0.2) is 18.6 Å². The summed E-state index contributed by atoms with van der Waals surface area (Å²) in [4.78, 5) is 35.4. The molecular formula is C24H27F2N7O3. The molecule has 3 aromatic rings. The van der Waals surface area contributed by atoms with Gasteiger partial charge in [-0.05, 0) is 38.7 Å². The van der Waals surface area contributed by atoms with Crippen LogP contribution in [0.25, 0.3) is 10.9 Å². The van der Waals surface area contributed by atoms with E-state index >= 15 is 0 Å². The molecule has 2 fully saturated rings. The van der Waals surface area contributed by atoms with E-state index in [0.717, 1.165) is 18.5 Å². The van der Waals surface area contributed by atoms with Crippen LogP contribution >= 0.6 is 0 Å². The first-order valence-corrected chi connectivity index (χ1v) is 11.8. The van der Waals surface area contributed by atoms with Crippen molar-refractivity contribution in [2.45, 2.75) is 63.6 Å². The molecule has 2 aliphatic heterocycles. The van der Waals surface area contributed by atoms with E-state index in [1.54, 1.807) is 17.0 Å². The molecule has 0 spiro atoms. The lowest BCUT2D eigenvalue weighted by Gasteiger charge is -2.39. The van der Waals surface area contributed by atoms with Crippen molar-refractivity contribution >= 4 is 40.2 Å². The third kappa shape index (κ3) is 4.79. The van der Waals surface area contributed by atoms with Gasteiger partial charge in [0.15, 0.2) is 5.82 Å². The number of aromatic amines is 1. The van der Waals surface area contributed by atoms with Gasteiger partial charge in [-0.1, -0.05) is 0 Å². The highest BCUT2D eigenvalue weighted by Crippen LogP contribution is 2.38.